The fourth-order valence-corrected chi connectivity index (χ4v) is 9.57. The number of carboxylic acids is 1. The van der Waals surface area contributed by atoms with Gasteiger partial charge in [-0.1, -0.05) is 127 Å². The number of carboxylic acid groups (broad SMARTS) is 1. The van der Waals surface area contributed by atoms with E-state index in [-0.39, 0.29) is 50.5 Å². The number of rotatable bonds is 26. The molecule has 76 heavy (non-hydrogen) atoms. The Labute approximate surface area is 445 Å². The van der Waals surface area contributed by atoms with Crippen molar-refractivity contribution in [3.63, 3.8) is 0 Å². The monoisotopic (exact) mass is 1050 g/mol. The maximum atomic E-state index is 14.7. The third kappa shape index (κ3) is 14.6. The molecule has 0 bridgehead atoms. The van der Waals surface area contributed by atoms with Gasteiger partial charge in [-0.15, -0.1) is 0 Å². The average molecular weight is 1050 g/mol. The van der Waals surface area contributed by atoms with Crippen molar-refractivity contribution in [2.75, 3.05) is 18.9 Å². The molecule has 6 aromatic rings. The Kier molecular flexibility index (Phi) is 19.8. The zero-order valence-corrected chi connectivity index (χ0v) is 42.8. The molecule has 398 valence electrons. The number of aromatic nitrogens is 1. The summed E-state index contributed by atoms with van der Waals surface area (Å²) >= 11 is 4.42. The number of thiol groups is 1. The van der Waals surface area contributed by atoms with Crippen LogP contribution in [0.2, 0.25) is 0 Å². The van der Waals surface area contributed by atoms with E-state index in [0.29, 0.717) is 29.5 Å². The van der Waals surface area contributed by atoms with Crippen LogP contribution in [-0.2, 0) is 52.8 Å². The zero-order valence-electron chi connectivity index (χ0n) is 41.9. The second-order valence-corrected chi connectivity index (χ2v) is 19.1. The van der Waals surface area contributed by atoms with E-state index in [9.17, 15) is 43.8 Å². The van der Waals surface area contributed by atoms with Gasteiger partial charge in [0.15, 0.2) is 6.04 Å². The Morgan fingerprint density at radius 3 is 1.62 bits per heavy atom. The van der Waals surface area contributed by atoms with Gasteiger partial charge in [-0.05, 0) is 77.7 Å². The van der Waals surface area contributed by atoms with Gasteiger partial charge in [0, 0.05) is 48.0 Å². The summed E-state index contributed by atoms with van der Waals surface area (Å²) in [6.45, 7) is 1.49. The van der Waals surface area contributed by atoms with Crippen LogP contribution in [0.5, 0.6) is 0 Å². The van der Waals surface area contributed by atoms with Crippen molar-refractivity contribution in [2.24, 2.45) is 5.73 Å². The van der Waals surface area contributed by atoms with Crippen LogP contribution in [0, 0.1) is 0 Å². The Balaban J connectivity index is 1.09. The number of unbranched alkanes of at least 4 members (excludes halogenated alkanes) is 1. The molecule has 18 nitrogen and oxygen atoms in total. The van der Waals surface area contributed by atoms with Crippen LogP contribution >= 0.6 is 12.6 Å². The highest BCUT2D eigenvalue weighted by molar-refractivity contribution is 7.80. The second-order valence-electron chi connectivity index (χ2n) is 18.7. The standard InChI is InChI=1S/C57H64N8O10S/c1-34(66)50(56(72)73)65-51(67)45(26-14-15-27-58)60-54(70)48(30-37-31-59-44-25-13-12-20-38(37)44)62-52(68)46(28-35-16-4-2-5-17-35)61-55(71)49(33-76)63-53(69)47(29-36-18-6-3-7-19-36)64-57(74)75-32-43-41-23-10-8-21-39(41)40-22-9-11-24-42(40)43/h2-13,16-25,31,34,43,45-50,59,66,76H,14-15,26-30,32-33,58H2,1H3,(H,60,70)(H,61,71)(H,62,68)(H,63,69)(H,64,74)(H,65,67)(H,72,73)/t34-,45+,46+,47-,48-,49+,50+/m1/s1. The van der Waals surface area contributed by atoms with Gasteiger partial charge < -0.3 is 57.6 Å². The lowest BCUT2D eigenvalue weighted by Crippen LogP contribution is -2.61. The van der Waals surface area contributed by atoms with Gasteiger partial charge in [-0.25, -0.2) is 9.59 Å². The number of aromatic amines is 1. The number of aliphatic carboxylic acids is 1. The van der Waals surface area contributed by atoms with Gasteiger partial charge in [0.05, 0.1) is 6.10 Å². The van der Waals surface area contributed by atoms with Crippen molar-refractivity contribution in [3.05, 3.63) is 167 Å². The van der Waals surface area contributed by atoms with Crippen molar-refractivity contribution in [1.82, 2.24) is 36.9 Å². The SMILES string of the molecule is C[C@@H](O)[C@H](NC(=O)[C@H](CCCCN)NC(=O)[C@@H](Cc1c[nH]c2ccccc12)NC(=O)[C@H](Cc1ccccc1)NC(=O)[C@H](CS)NC(=O)[C@@H](Cc1ccccc1)NC(=O)OCC1c2ccccc2-c2ccccc21)C(=O)O. The first-order valence-electron chi connectivity index (χ1n) is 25.2. The van der Waals surface area contributed by atoms with Gasteiger partial charge in [-0.2, -0.15) is 12.6 Å². The summed E-state index contributed by atoms with van der Waals surface area (Å²) in [6.07, 6.45) is 0.154. The van der Waals surface area contributed by atoms with Crippen molar-refractivity contribution in [2.45, 2.75) is 93.7 Å². The molecule has 0 aliphatic heterocycles. The molecule has 19 heteroatoms. The van der Waals surface area contributed by atoms with Crippen molar-refractivity contribution in [3.8, 4) is 11.1 Å². The quantitative estimate of drug-likeness (QED) is 0.0272. The number of alkyl carbamates (subject to hydrolysis) is 1. The molecule has 7 rings (SSSR count). The smallest absolute Gasteiger partial charge is 0.407 e. The number of aliphatic hydroxyl groups is 1. The maximum absolute atomic E-state index is 14.7. The number of H-pyrrole nitrogens is 1. The molecule has 0 saturated heterocycles. The first-order valence-corrected chi connectivity index (χ1v) is 25.9. The molecule has 11 N–H and O–H groups in total. The lowest BCUT2D eigenvalue weighted by atomic mass is 9.98. The van der Waals surface area contributed by atoms with Crippen LogP contribution in [0.4, 0.5) is 4.79 Å². The van der Waals surface area contributed by atoms with Crippen molar-refractivity contribution in [1.29, 1.82) is 0 Å². The Morgan fingerprint density at radius 1 is 0.592 bits per heavy atom. The molecule has 7 atom stereocenters. The Morgan fingerprint density at radius 2 is 1.07 bits per heavy atom. The highest BCUT2D eigenvalue weighted by Gasteiger charge is 2.35. The Hall–Kier alpha value is -8.00. The number of nitrogens with two attached hydrogens (primary N) is 1. The molecule has 0 unspecified atom stereocenters. The molecule has 1 aliphatic carbocycles. The molecular formula is C57H64N8O10S. The lowest BCUT2D eigenvalue weighted by Gasteiger charge is -2.27. The molecule has 0 fully saturated rings. The molecule has 0 radical (unpaired) electrons. The number of benzene rings is 5. The molecule has 1 heterocycles. The lowest BCUT2D eigenvalue weighted by molar-refractivity contribution is -0.145. The Bertz CT molecular complexity index is 2930. The van der Waals surface area contributed by atoms with Crippen LogP contribution in [0.25, 0.3) is 22.0 Å². The molecule has 6 amide bonds. The normalized spacial score (nSPS) is 14.5. The number of para-hydroxylation sites is 1. The minimum Gasteiger partial charge on any atom is -0.480 e. The van der Waals surface area contributed by atoms with Crippen LogP contribution in [0.3, 0.4) is 0 Å². The van der Waals surface area contributed by atoms with Crippen LogP contribution in [0.15, 0.2) is 140 Å². The van der Waals surface area contributed by atoms with Gasteiger partial charge in [0.25, 0.3) is 0 Å². The largest absolute Gasteiger partial charge is 0.480 e. The van der Waals surface area contributed by atoms with Crippen LogP contribution < -0.4 is 37.6 Å². The first-order chi connectivity index (χ1) is 36.7. The van der Waals surface area contributed by atoms with E-state index in [4.69, 9.17) is 10.5 Å². The number of aliphatic hydroxyl groups excluding tert-OH is 1. The van der Waals surface area contributed by atoms with E-state index in [1.165, 1.54) is 6.92 Å². The summed E-state index contributed by atoms with van der Waals surface area (Å²) in [5, 5.41) is 36.6. The molecule has 5 aromatic carbocycles. The van der Waals surface area contributed by atoms with Crippen LogP contribution in [-0.4, -0.2) is 118 Å². The third-order valence-electron chi connectivity index (χ3n) is 13.3. The van der Waals surface area contributed by atoms with E-state index < -0.39 is 84.0 Å². The number of hydrogen-bond acceptors (Lipinski definition) is 11. The van der Waals surface area contributed by atoms with Gasteiger partial charge in [-0.3, -0.25) is 24.0 Å². The third-order valence-corrected chi connectivity index (χ3v) is 13.7. The topological polar surface area (TPSA) is 283 Å². The molecule has 1 aromatic heterocycles. The summed E-state index contributed by atoms with van der Waals surface area (Å²) in [4.78, 5) is 100. The molecular weight excluding hydrogens is 989 g/mol. The van der Waals surface area contributed by atoms with Gasteiger partial charge in [0.1, 0.15) is 36.8 Å². The number of carbonyl (C=O) groups is 7. The number of amides is 6. The second kappa shape index (κ2) is 27.0. The van der Waals surface area contributed by atoms with E-state index in [1.54, 1.807) is 60.8 Å². The average Bonchev–Trinajstić information content (AvgIpc) is 3.99. The highest BCUT2D eigenvalue weighted by atomic mass is 32.1. The fraction of sp³-hybridized carbons (Fsp3) is 0.316. The number of hydrogen-bond donors (Lipinski definition) is 11. The number of fused-ring (bicyclic) bond motifs is 4. The first kappa shape index (κ1) is 55.7. The minimum absolute atomic E-state index is 0.00173. The zero-order chi connectivity index (χ0) is 54.1. The fourth-order valence-electron chi connectivity index (χ4n) is 9.32. The van der Waals surface area contributed by atoms with Crippen molar-refractivity contribution < 1.29 is 48.5 Å². The predicted octanol–water partition coefficient (Wildman–Crippen LogP) is 4.05. The van der Waals surface area contributed by atoms with Crippen LogP contribution in [0.1, 0.15) is 59.9 Å². The summed E-state index contributed by atoms with van der Waals surface area (Å²) < 4.78 is 5.81. The summed E-state index contributed by atoms with van der Waals surface area (Å²) in [5.41, 5.74) is 12.6. The molecule has 0 spiro atoms. The number of carbonyl (C=O) groups excluding carboxylic acids is 6. The number of nitrogens with one attached hydrogen (secondary N) is 7. The summed E-state index contributed by atoms with van der Waals surface area (Å²) in [7, 11) is 0. The summed E-state index contributed by atoms with van der Waals surface area (Å²) in [6, 6.07) is 32.7. The minimum atomic E-state index is -1.68. The number of ether oxygens (including phenoxy) is 1. The van der Waals surface area contributed by atoms with Gasteiger partial charge in [0.2, 0.25) is 29.5 Å². The van der Waals surface area contributed by atoms with E-state index >= 15 is 0 Å². The highest BCUT2D eigenvalue weighted by Crippen LogP contribution is 2.44. The predicted molar refractivity (Wildman–Crippen MR) is 290 cm³/mol. The maximum Gasteiger partial charge on any atom is 0.407 e. The summed E-state index contributed by atoms with van der Waals surface area (Å²) in [5.74, 6) is -5.91. The van der Waals surface area contributed by atoms with E-state index in [2.05, 4.69) is 49.5 Å². The molecule has 1 aliphatic rings. The van der Waals surface area contributed by atoms with E-state index in [1.807, 2.05) is 78.9 Å². The molecule has 0 saturated carbocycles. The van der Waals surface area contributed by atoms with Gasteiger partial charge >= 0.3 is 12.1 Å². The van der Waals surface area contributed by atoms with Crippen molar-refractivity contribution >= 4 is 65.1 Å². The van der Waals surface area contributed by atoms with E-state index in [0.717, 1.165) is 33.2 Å².